The van der Waals surface area contributed by atoms with E-state index in [0.717, 1.165) is 24.9 Å². The molecule has 2 saturated heterocycles. The Balaban J connectivity index is 1.77. The standard InChI is InChI=1S/C25H30N2O7/c1-31-17-7-6-14-18(19(17)32-2)27(22(30)34-4)24(21(29)33-3)10-9-23-8-5-11-26-13-15(16(28)12-23)25(14,24)20(23)26/h6-7,15,20H,5,8-13H2,1-4H3. The number of ether oxygens (including phenoxy) is 4. The number of methoxy groups -OCH3 is 4. The van der Waals surface area contributed by atoms with Gasteiger partial charge in [0.2, 0.25) is 0 Å². The third kappa shape index (κ3) is 2.06. The fraction of sp³-hybridized carbons (Fsp3) is 0.640. The van der Waals surface area contributed by atoms with Crippen LogP contribution in [-0.2, 0) is 24.5 Å². The molecule has 5 aliphatic rings. The minimum Gasteiger partial charge on any atom is -0.493 e. The number of esters is 1. The van der Waals surface area contributed by atoms with Crippen LogP contribution in [0.4, 0.5) is 10.5 Å². The molecule has 3 aliphatic heterocycles. The second-order valence-electron chi connectivity index (χ2n) is 10.3. The van der Waals surface area contributed by atoms with Crippen LogP contribution in [0.25, 0.3) is 0 Å². The lowest BCUT2D eigenvalue weighted by molar-refractivity contribution is -0.166. The largest absolute Gasteiger partial charge is 0.493 e. The van der Waals surface area contributed by atoms with E-state index in [0.29, 0.717) is 43.0 Å². The second kappa shape index (κ2) is 6.87. The van der Waals surface area contributed by atoms with Crippen molar-refractivity contribution in [2.45, 2.75) is 49.1 Å². The van der Waals surface area contributed by atoms with E-state index >= 15 is 0 Å². The summed E-state index contributed by atoms with van der Waals surface area (Å²) in [5.74, 6) is 0.00514. The summed E-state index contributed by atoms with van der Waals surface area (Å²) in [5.41, 5.74) is -1.37. The van der Waals surface area contributed by atoms with Crippen molar-refractivity contribution in [2.24, 2.45) is 11.3 Å². The van der Waals surface area contributed by atoms with Gasteiger partial charge in [0.15, 0.2) is 17.0 Å². The number of rotatable bonds is 3. The van der Waals surface area contributed by atoms with E-state index in [2.05, 4.69) is 4.90 Å². The molecule has 9 nitrogen and oxygen atoms in total. The van der Waals surface area contributed by atoms with Crippen LogP contribution in [-0.4, -0.2) is 75.9 Å². The van der Waals surface area contributed by atoms with Crippen LogP contribution in [0.5, 0.6) is 11.5 Å². The number of carbonyl (C=O) groups is 3. The van der Waals surface area contributed by atoms with E-state index in [4.69, 9.17) is 18.9 Å². The van der Waals surface area contributed by atoms with Crippen LogP contribution < -0.4 is 14.4 Å². The van der Waals surface area contributed by atoms with Crippen molar-refractivity contribution in [1.82, 2.24) is 4.90 Å². The van der Waals surface area contributed by atoms with Gasteiger partial charge in [0.1, 0.15) is 5.78 Å². The molecule has 2 saturated carbocycles. The van der Waals surface area contributed by atoms with Gasteiger partial charge in [-0.3, -0.25) is 14.6 Å². The van der Waals surface area contributed by atoms with E-state index in [-0.39, 0.29) is 17.2 Å². The molecule has 5 atom stereocenters. The van der Waals surface area contributed by atoms with Gasteiger partial charge in [-0.15, -0.1) is 0 Å². The van der Waals surface area contributed by atoms with Gasteiger partial charge in [-0.2, -0.15) is 0 Å². The van der Waals surface area contributed by atoms with E-state index in [1.165, 1.54) is 33.3 Å². The van der Waals surface area contributed by atoms with Crippen LogP contribution in [0.3, 0.4) is 0 Å². The van der Waals surface area contributed by atoms with Crippen molar-refractivity contribution in [3.63, 3.8) is 0 Å². The van der Waals surface area contributed by atoms with Crippen LogP contribution >= 0.6 is 0 Å². The average molecular weight is 471 g/mol. The van der Waals surface area contributed by atoms with Crippen LogP contribution in [0.1, 0.15) is 37.7 Å². The number of amides is 1. The molecule has 4 fully saturated rings. The molecule has 2 aliphatic carbocycles. The zero-order chi connectivity index (χ0) is 24.0. The van der Waals surface area contributed by atoms with E-state index in [9.17, 15) is 14.4 Å². The van der Waals surface area contributed by atoms with Crippen molar-refractivity contribution in [2.75, 3.05) is 46.4 Å². The fourth-order valence-electron chi connectivity index (χ4n) is 8.72. The Morgan fingerprint density at radius 2 is 1.82 bits per heavy atom. The summed E-state index contributed by atoms with van der Waals surface area (Å²) in [6.07, 6.45) is 2.86. The van der Waals surface area contributed by atoms with Gasteiger partial charge in [0.25, 0.3) is 0 Å². The molecule has 34 heavy (non-hydrogen) atoms. The minimum absolute atomic E-state index is 0.0594. The first-order chi connectivity index (χ1) is 16.4. The summed E-state index contributed by atoms with van der Waals surface area (Å²) in [6, 6.07) is 3.66. The Kier molecular flexibility index (Phi) is 4.39. The lowest BCUT2D eigenvalue weighted by Crippen LogP contribution is -2.78. The molecule has 4 bridgehead atoms. The van der Waals surface area contributed by atoms with Crippen LogP contribution in [0.15, 0.2) is 12.1 Å². The molecule has 3 heterocycles. The Morgan fingerprint density at radius 1 is 1.03 bits per heavy atom. The summed E-state index contributed by atoms with van der Waals surface area (Å²) >= 11 is 0. The van der Waals surface area contributed by atoms with E-state index in [1.54, 1.807) is 6.07 Å². The summed E-state index contributed by atoms with van der Waals surface area (Å²) in [4.78, 5) is 45.2. The first kappa shape index (κ1) is 21.7. The Bertz CT molecular complexity index is 1120. The van der Waals surface area contributed by atoms with Crippen LogP contribution in [0, 0.1) is 11.3 Å². The maximum Gasteiger partial charge on any atom is 0.415 e. The maximum absolute atomic E-state index is 14.0. The number of hydrogen-bond donors (Lipinski definition) is 0. The smallest absolute Gasteiger partial charge is 0.415 e. The van der Waals surface area contributed by atoms with Crippen molar-refractivity contribution in [3.05, 3.63) is 17.7 Å². The van der Waals surface area contributed by atoms with Crippen molar-refractivity contribution < 1.29 is 33.3 Å². The third-order valence-electron chi connectivity index (χ3n) is 9.50. The zero-order valence-corrected chi connectivity index (χ0v) is 20.0. The molecule has 5 unspecified atom stereocenters. The Morgan fingerprint density at radius 3 is 2.50 bits per heavy atom. The van der Waals surface area contributed by atoms with Crippen LogP contribution in [0.2, 0.25) is 0 Å². The van der Waals surface area contributed by atoms with Gasteiger partial charge < -0.3 is 18.9 Å². The first-order valence-corrected chi connectivity index (χ1v) is 11.9. The Hall–Kier alpha value is -2.81. The lowest BCUT2D eigenvalue weighted by atomic mass is 9.41. The van der Waals surface area contributed by atoms with Gasteiger partial charge in [-0.1, -0.05) is 6.07 Å². The molecular weight excluding hydrogens is 440 g/mol. The number of ketones is 1. The van der Waals surface area contributed by atoms with E-state index < -0.39 is 28.9 Å². The number of nitrogens with zero attached hydrogens (tertiary/aromatic N) is 2. The molecule has 0 N–H and O–H groups in total. The third-order valence-corrected chi connectivity index (χ3v) is 9.50. The highest BCUT2D eigenvalue weighted by atomic mass is 16.6. The molecule has 9 heteroatoms. The van der Waals surface area contributed by atoms with Crippen molar-refractivity contribution >= 4 is 23.5 Å². The number of anilines is 1. The normalized spacial score (nSPS) is 37.1. The number of benzene rings is 1. The molecule has 1 spiro atoms. The van der Waals surface area contributed by atoms with Crippen molar-refractivity contribution in [1.29, 1.82) is 0 Å². The minimum atomic E-state index is -1.42. The average Bonchev–Trinajstić information content (AvgIpc) is 3.32. The van der Waals surface area contributed by atoms with Gasteiger partial charge in [0.05, 0.1) is 39.5 Å². The lowest BCUT2D eigenvalue weighted by Gasteiger charge is -2.64. The number of Topliss-reactive ketones (excluding diaryl/α,β-unsaturated/α-hetero) is 1. The predicted molar refractivity (Wildman–Crippen MR) is 120 cm³/mol. The molecule has 6 rings (SSSR count). The van der Waals surface area contributed by atoms with Gasteiger partial charge >= 0.3 is 12.1 Å². The van der Waals surface area contributed by atoms with Gasteiger partial charge in [-0.25, -0.2) is 9.59 Å². The highest BCUT2D eigenvalue weighted by molar-refractivity contribution is 6.08. The molecule has 1 aromatic rings. The quantitative estimate of drug-likeness (QED) is 0.621. The number of fused-ring (bicyclic) bond motifs is 1. The molecule has 0 aromatic heterocycles. The molecular formula is C25H30N2O7. The van der Waals surface area contributed by atoms with E-state index in [1.807, 2.05) is 6.07 Å². The predicted octanol–water partition coefficient (Wildman–Crippen LogP) is 2.29. The molecule has 0 radical (unpaired) electrons. The SMILES string of the molecule is COC(=O)N1c2c(ccc(OC)c2OC)C23C4CN5CCCC(CCC12C(=O)OC)(CC4=O)C53. The maximum atomic E-state index is 14.0. The second-order valence-corrected chi connectivity index (χ2v) is 10.3. The number of hydrogen-bond acceptors (Lipinski definition) is 8. The highest BCUT2D eigenvalue weighted by Gasteiger charge is 2.84. The Labute approximate surface area is 198 Å². The summed E-state index contributed by atoms with van der Waals surface area (Å²) in [7, 11) is 5.69. The molecule has 1 amide bonds. The first-order valence-electron chi connectivity index (χ1n) is 11.9. The highest BCUT2D eigenvalue weighted by Crippen LogP contribution is 2.75. The topological polar surface area (TPSA) is 94.6 Å². The summed E-state index contributed by atoms with van der Waals surface area (Å²) < 4.78 is 22.1. The van der Waals surface area contributed by atoms with Gasteiger partial charge in [0, 0.05) is 24.9 Å². The molecule has 1 aromatic carbocycles. The zero-order valence-electron chi connectivity index (χ0n) is 20.0. The summed E-state index contributed by atoms with van der Waals surface area (Å²) in [5, 5.41) is 0. The van der Waals surface area contributed by atoms with Gasteiger partial charge in [-0.05, 0) is 49.3 Å². The number of carbonyl (C=O) groups excluding carboxylic acids is 3. The summed E-state index contributed by atoms with van der Waals surface area (Å²) in [6.45, 7) is 1.45. The monoisotopic (exact) mass is 470 g/mol. The fourth-order valence-corrected chi connectivity index (χ4v) is 8.72. The van der Waals surface area contributed by atoms with Crippen molar-refractivity contribution in [3.8, 4) is 11.5 Å². The number of piperidine rings is 1. The molecule has 182 valence electrons.